The van der Waals surface area contributed by atoms with Gasteiger partial charge < -0.3 is 0 Å². The van der Waals surface area contributed by atoms with Gasteiger partial charge in [-0.3, -0.25) is 0 Å². The Morgan fingerprint density at radius 3 is 1.59 bits per heavy atom. The Morgan fingerprint density at radius 2 is 1.29 bits per heavy atom. The fourth-order valence-corrected chi connectivity index (χ4v) is 1.84. The number of hydrogen-bond donors (Lipinski definition) is 0. The normalized spacial score (nSPS) is 12.6. The lowest BCUT2D eigenvalue weighted by Gasteiger charge is -2.26. The molecule has 0 bridgehead atoms. The highest BCUT2D eigenvalue weighted by molar-refractivity contribution is 5.37. The summed E-state index contributed by atoms with van der Waals surface area (Å²) in [6.45, 7) is 17.5. The van der Waals surface area contributed by atoms with Gasteiger partial charge in [0.15, 0.2) is 0 Å². The van der Waals surface area contributed by atoms with Gasteiger partial charge >= 0.3 is 0 Å². The molecule has 0 spiro atoms. The van der Waals surface area contributed by atoms with Crippen molar-refractivity contribution in [2.45, 2.75) is 58.8 Å². The summed E-state index contributed by atoms with van der Waals surface area (Å²) in [6.07, 6.45) is 2.93. The SMILES string of the molecule is C=CCc1cc(C(C)(C)C)cc(C(C)(C)C)c1. The van der Waals surface area contributed by atoms with Gasteiger partial charge in [-0.1, -0.05) is 65.8 Å². The van der Waals surface area contributed by atoms with Gasteiger partial charge in [-0.2, -0.15) is 0 Å². The highest BCUT2D eigenvalue weighted by Gasteiger charge is 2.19. The Balaban J connectivity index is 3.34. The van der Waals surface area contributed by atoms with E-state index in [0.717, 1.165) is 6.42 Å². The van der Waals surface area contributed by atoms with Crippen molar-refractivity contribution in [1.29, 1.82) is 0 Å². The molecule has 94 valence electrons. The Hall–Kier alpha value is -1.04. The summed E-state index contributed by atoms with van der Waals surface area (Å²) >= 11 is 0. The first-order valence-electron chi connectivity index (χ1n) is 6.40. The second-order valence-electron chi connectivity index (χ2n) is 6.91. The van der Waals surface area contributed by atoms with Gasteiger partial charge in [-0.25, -0.2) is 0 Å². The summed E-state index contributed by atoms with van der Waals surface area (Å²) in [6, 6.07) is 6.99. The first-order chi connectivity index (χ1) is 7.64. The number of rotatable bonds is 2. The minimum Gasteiger partial charge on any atom is -0.103 e. The molecule has 0 nitrogen and oxygen atoms in total. The maximum Gasteiger partial charge on any atom is -0.00999 e. The maximum absolute atomic E-state index is 3.84. The molecule has 0 N–H and O–H groups in total. The minimum atomic E-state index is 0.206. The molecule has 0 aliphatic heterocycles. The highest BCUT2D eigenvalue weighted by Crippen LogP contribution is 2.30. The van der Waals surface area contributed by atoms with Crippen molar-refractivity contribution in [1.82, 2.24) is 0 Å². The van der Waals surface area contributed by atoms with E-state index in [-0.39, 0.29) is 10.8 Å². The van der Waals surface area contributed by atoms with Crippen LogP contribution in [0.5, 0.6) is 0 Å². The molecule has 0 atom stereocenters. The predicted octanol–water partition coefficient (Wildman–Crippen LogP) is 5.01. The van der Waals surface area contributed by atoms with Crippen molar-refractivity contribution in [3.05, 3.63) is 47.5 Å². The van der Waals surface area contributed by atoms with Gasteiger partial charge in [-0.05, 0) is 33.9 Å². The summed E-state index contributed by atoms with van der Waals surface area (Å²) in [5.41, 5.74) is 4.62. The average Bonchev–Trinajstić information content (AvgIpc) is 2.15. The maximum atomic E-state index is 3.84. The Labute approximate surface area is 107 Å². The minimum absolute atomic E-state index is 0.206. The smallest absolute Gasteiger partial charge is 0.00999 e. The molecule has 0 heteroatoms. The van der Waals surface area contributed by atoms with Crippen LogP contribution in [-0.2, 0) is 17.3 Å². The molecular formula is C17H26. The summed E-state index contributed by atoms with van der Waals surface area (Å²) < 4.78 is 0. The quantitative estimate of drug-likeness (QED) is 0.626. The summed E-state index contributed by atoms with van der Waals surface area (Å²) in [4.78, 5) is 0. The monoisotopic (exact) mass is 230 g/mol. The molecule has 0 radical (unpaired) electrons. The van der Waals surface area contributed by atoms with Gasteiger partial charge in [0, 0.05) is 0 Å². The lowest BCUT2D eigenvalue weighted by molar-refractivity contribution is 0.567. The highest BCUT2D eigenvalue weighted by atomic mass is 14.2. The van der Waals surface area contributed by atoms with Crippen LogP contribution in [0.4, 0.5) is 0 Å². The Kier molecular flexibility index (Phi) is 3.86. The summed E-state index contributed by atoms with van der Waals surface area (Å²) in [7, 11) is 0. The number of hydrogen-bond acceptors (Lipinski definition) is 0. The molecule has 0 fully saturated rings. The van der Waals surface area contributed by atoms with Crippen molar-refractivity contribution >= 4 is 0 Å². The molecule has 1 aromatic rings. The first-order valence-corrected chi connectivity index (χ1v) is 6.40. The molecule has 0 saturated carbocycles. The molecule has 0 aliphatic carbocycles. The van der Waals surface area contributed by atoms with Crippen LogP contribution in [0.2, 0.25) is 0 Å². The lowest BCUT2D eigenvalue weighted by atomic mass is 9.79. The molecule has 0 amide bonds. The summed E-state index contributed by atoms with van der Waals surface area (Å²) in [5, 5.41) is 0. The van der Waals surface area contributed by atoms with E-state index in [4.69, 9.17) is 0 Å². The van der Waals surface area contributed by atoms with Gasteiger partial charge in [0.05, 0.1) is 0 Å². The average molecular weight is 230 g/mol. The third-order valence-corrected chi connectivity index (χ3v) is 3.10. The van der Waals surface area contributed by atoms with E-state index in [1.165, 1.54) is 16.7 Å². The van der Waals surface area contributed by atoms with Crippen LogP contribution in [0.25, 0.3) is 0 Å². The third-order valence-electron chi connectivity index (χ3n) is 3.10. The van der Waals surface area contributed by atoms with E-state index in [2.05, 4.69) is 66.3 Å². The van der Waals surface area contributed by atoms with E-state index in [1.807, 2.05) is 6.08 Å². The van der Waals surface area contributed by atoms with Gasteiger partial charge in [0.25, 0.3) is 0 Å². The lowest BCUT2D eigenvalue weighted by Crippen LogP contribution is -2.17. The van der Waals surface area contributed by atoms with Crippen molar-refractivity contribution in [3.8, 4) is 0 Å². The van der Waals surface area contributed by atoms with Crippen LogP contribution in [0.3, 0.4) is 0 Å². The van der Waals surface area contributed by atoms with Gasteiger partial charge in [-0.15, -0.1) is 6.58 Å². The van der Waals surface area contributed by atoms with E-state index < -0.39 is 0 Å². The van der Waals surface area contributed by atoms with Crippen LogP contribution < -0.4 is 0 Å². The molecule has 0 heterocycles. The second-order valence-corrected chi connectivity index (χ2v) is 6.91. The zero-order valence-corrected chi connectivity index (χ0v) is 12.2. The largest absolute Gasteiger partial charge is 0.103 e. The van der Waals surface area contributed by atoms with Crippen LogP contribution in [-0.4, -0.2) is 0 Å². The fourth-order valence-electron chi connectivity index (χ4n) is 1.84. The van der Waals surface area contributed by atoms with Crippen molar-refractivity contribution in [3.63, 3.8) is 0 Å². The molecule has 0 saturated heterocycles. The van der Waals surface area contributed by atoms with E-state index in [0.29, 0.717) is 0 Å². The Morgan fingerprint density at radius 1 is 0.882 bits per heavy atom. The van der Waals surface area contributed by atoms with E-state index in [1.54, 1.807) is 0 Å². The van der Waals surface area contributed by atoms with Crippen molar-refractivity contribution < 1.29 is 0 Å². The van der Waals surface area contributed by atoms with Gasteiger partial charge in [0.2, 0.25) is 0 Å². The number of benzene rings is 1. The Bertz CT molecular complexity index is 365. The zero-order chi connectivity index (χ0) is 13.3. The van der Waals surface area contributed by atoms with Gasteiger partial charge in [0.1, 0.15) is 0 Å². The van der Waals surface area contributed by atoms with Crippen molar-refractivity contribution in [2.75, 3.05) is 0 Å². The first kappa shape index (κ1) is 14.0. The summed E-state index contributed by atoms with van der Waals surface area (Å²) in [5.74, 6) is 0. The van der Waals surface area contributed by atoms with Crippen LogP contribution in [0, 0.1) is 0 Å². The number of allylic oxidation sites excluding steroid dienone is 1. The molecule has 0 unspecified atom stereocenters. The fraction of sp³-hybridized carbons (Fsp3) is 0.529. The molecule has 0 aliphatic rings. The zero-order valence-electron chi connectivity index (χ0n) is 12.2. The van der Waals surface area contributed by atoms with Crippen LogP contribution in [0.15, 0.2) is 30.9 Å². The molecule has 1 rings (SSSR count). The topological polar surface area (TPSA) is 0 Å². The molecule has 17 heavy (non-hydrogen) atoms. The molecular weight excluding hydrogens is 204 g/mol. The molecule has 1 aromatic carbocycles. The van der Waals surface area contributed by atoms with Crippen LogP contribution >= 0.6 is 0 Å². The van der Waals surface area contributed by atoms with Crippen LogP contribution in [0.1, 0.15) is 58.2 Å². The standard InChI is InChI=1S/C17H26/c1-8-9-13-10-14(16(2,3)4)12-15(11-13)17(5,6)7/h8,10-12H,1,9H2,2-7H3. The molecule has 0 aromatic heterocycles. The van der Waals surface area contributed by atoms with Crippen molar-refractivity contribution in [2.24, 2.45) is 0 Å². The van der Waals surface area contributed by atoms with E-state index in [9.17, 15) is 0 Å². The third kappa shape index (κ3) is 3.73. The second kappa shape index (κ2) is 4.68. The van der Waals surface area contributed by atoms with E-state index >= 15 is 0 Å². The predicted molar refractivity (Wildman–Crippen MR) is 77.7 cm³/mol.